The number of benzene rings is 1. The van der Waals surface area contributed by atoms with Crippen LogP contribution in [0.1, 0.15) is 25.7 Å². The number of hydrogen-bond acceptors (Lipinski definition) is 4. The molecule has 0 aliphatic heterocycles. The van der Waals surface area contributed by atoms with Gasteiger partial charge in [-0.25, -0.2) is 13.1 Å². The number of hydrogen-bond donors (Lipinski definition) is 4. The van der Waals surface area contributed by atoms with Gasteiger partial charge in [0, 0.05) is 28.8 Å². The number of nitrogens with one attached hydrogen (secondary N) is 2. The van der Waals surface area contributed by atoms with E-state index in [0.29, 0.717) is 36.8 Å². The fourth-order valence-electron chi connectivity index (χ4n) is 2.81. The second kappa shape index (κ2) is 5.32. The third-order valence-electron chi connectivity index (χ3n) is 3.98. The quantitative estimate of drug-likeness (QED) is 0.641. The number of H-pyrrole nitrogens is 1. The van der Waals surface area contributed by atoms with Crippen molar-refractivity contribution in [3.63, 3.8) is 0 Å². The lowest BCUT2D eigenvalue weighted by molar-refractivity contribution is 0.120. The molecule has 0 atom stereocenters. The Labute approximate surface area is 123 Å². The first-order valence-electron chi connectivity index (χ1n) is 7.03. The summed E-state index contributed by atoms with van der Waals surface area (Å²) < 4.78 is 27.8. The van der Waals surface area contributed by atoms with E-state index >= 15 is 0 Å². The monoisotopic (exact) mass is 309 g/mol. The number of sulfonamides is 1. The normalized spacial score (nSPS) is 23.5. The molecule has 1 fully saturated rings. The molecular weight excluding hydrogens is 290 g/mol. The van der Waals surface area contributed by atoms with E-state index in [2.05, 4.69) is 9.71 Å². The molecule has 114 valence electrons. The van der Waals surface area contributed by atoms with Gasteiger partial charge in [0.25, 0.3) is 0 Å². The number of aliphatic hydroxyl groups is 1. The number of anilines is 1. The maximum absolute atomic E-state index is 12.5. The predicted octanol–water partition coefficient (Wildman–Crippen LogP) is 1.33. The van der Waals surface area contributed by atoms with Crippen molar-refractivity contribution >= 4 is 26.6 Å². The molecule has 3 rings (SSSR count). The molecule has 5 N–H and O–H groups in total. The van der Waals surface area contributed by atoms with Gasteiger partial charge < -0.3 is 15.8 Å². The van der Waals surface area contributed by atoms with Gasteiger partial charge in [0.05, 0.1) is 6.10 Å². The SMILES string of the molecule is Nc1ccc2[nH]cc(S(=O)(=O)NC3CCC(O)CC3)c2c1. The zero-order chi connectivity index (χ0) is 15.0. The summed E-state index contributed by atoms with van der Waals surface area (Å²) >= 11 is 0. The summed E-state index contributed by atoms with van der Waals surface area (Å²) in [4.78, 5) is 3.17. The summed E-state index contributed by atoms with van der Waals surface area (Å²) in [5.41, 5.74) is 7.00. The Balaban J connectivity index is 1.88. The van der Waals surface area contributed by atoms with Gasteiger partial charge in [-0.2, -0.15) is 0 Å². The molecule has 7 heteroatoms. The Morgan fingerprint density at radius 1 is 1.24 bits per heavy atom. The van der Waals surface area contributed by atoms with E-state index in [0.717, 1.165) is 5.52 Å². The van der Waals surface area contributed by atoms with Gasteiger partial charge in [0.15, 0.2) is 0 Å². The average Bonchev–Trinajstić information content (AvgIpc) is 2.85. The molecule has 0 spiro atoms. The first-order chi connectivity index (χ1) is 9.95. The summed E-state index contributed by atoms with van der Waals surface area (Å²) in [6.07, 6.45) is 3.76. The van der Waals surface area contributed by atoms with Crippen LogP contribution in [-0.2, 0) is 10.0 Å². The first kappa shape index (κ1) is 14.4. The maximum Gasteiger partial charge on any atom is 0.242 e. The van der Waals surface area contributed by atoms with E-state index < -0.39 is 10.0 Å². The number of aliphatic hydroxyl groups excluding tert-OH is 1. The molecule has 1 aromatic carbocycles. The topological polar surface area (TPSA) is 108 Å². The van der Waals surface area contributed by atoms with Gasteiger partial charge in [-0.1, -0.05) is 0 Å². The first-order valence-corrected chi connectivity index (χ1v) is 8.51. The number of aromatic amines is 1. The molecule has 0 bridgehead atoms. The molecule has 6 nitrogen and oxygen atoms in total. The number of aromatic nitrogens is 1. The molecular formula is C14H19N3O3S. The lowest BCUT2D eigenvalue weighted by Gasteiger charge is -2.25. The summed E-state index contributed by atoms with van der Waals surface area (Å²) in [5.74, 6) is 0. The van der Waals surface area contributed by atoms with Gasteiger partial charge in [-0.15, -0.1) is 0 Å². The highest BCUT2D eigenvalue weighted by atomic mass is 32.2. The van der Waals surface area contributed by atoms with Crippen LogP contribution >= 0.6 is 0 Å². The minimum Gasteiger partial charge on any atom is -0.399 e. The molecule has 0 amide bonds. The molecule has 1 saturated carbocycles. The van der Waals surface area contributed by atoms with Crippen molar-refractivity contribution in [3.05, 3.63) is 24.4 Å². The summed E-state index contributed by atoms with van der Waals surface area (Å²) in [7, 11) is -3.60. The van der Waals surface area contributed by atoms with E-state index in [1.54, 1.807) is 18.2 Å². The molecule has 1 aromatic heterocycles. The van der Waals surface area contributed by atoms with Gasteiger partial charge >= 0.3 is 0 Å². The van der Waals surface area contributed by atoms with Crippen molar-refractivity contribution in [1.29, 1.82) is 0 Å². The Kier molecular flexibility index (Phi) is 3.64. The van der Waals surface area contributed by atoms with Crippen molar-refractivity contribution in [3.8, 4) is 0 Å². The molecule has 0 unspecified atom stereocenters. The Bertz CT molecular complexity index is 746. The van der Waals surface area contributed by atoms with Crippen LogP contribution in [0.2, 0.25) is 0 Å². The second-order valence-corrected chi connectivity index (χ2v) is 7.27. The second-order valence-electron chi connectivity index (χ2n) is 5.58. The Morgan fingerprint density at radius 3 is 2.67 bits per heavy atom. The van der Waals surface area contributed by atoms with Crippen LogP contribution in [0, 0.1) is 0 Å². The lowest BCUT2D eigenvalue weighted by Crippen LogP contribution is -2.38. The van der Waals surface area contributed by atoms with Crippen molar-refractivity contribution in [2.75, 3.05) is 5.73 Å². The Morgan fingerprint density at radius 2 is 1.95 bits per heavy atom. The van der Waals surface area contributed by atoms with Crippen LogP contribution in [0.3, 0.4) is 0 Å². The number of nitrogens with two attached hydrogens (primary N) is 1. The van der Waals surface area contributed by atoms with E-state index in [-0.39, 0.29) is 17.0 Å². The third-order valence-corrected chi connectivity index (χ3v) is 5.54. The zero-order valence-electron chi connectivity index (χ0n) is 11.5. The minimum absolute atomic E-state index is 0.121. The van der Waals surface area contributed by atoms with Crippen molar-refractivity contribution in [2.45, 2.75) is 42.7 Å². The summed E-state index contributed by atoms with van der Waals surface area (Å²) in [6.45, 7) is 0. The van der Waals surface area contributed by atoms with Crippen LogP contribution in [0.25, 0.3) is 10.9 Å². The Hall–Kier alpha value is -1.57. The molecule has 2 aromatic rings. The summed E-state index contributed by atoms with van der Waals surface area (Å²) in [6, 6.07) is 5.03. The van der Waals surface area contributed by atoms with Gasteiger partial charge in [-0.3, -0.25) is 0 Å². The fraction of sp³-hybridized carbons (Fsp3) is 0.429. The third kappa shape index (κ3) is 2.90. The van der Waals surface area contributed by atoms with Crippen LogP contribution in [0.15, 0.2) is 29.3 Å². The van der Waals surface area contributed by atoms with E-state index in [4.69, 9.17) is 5.73 Å². The number of nitrogen functional groups attached to an aromatic ring is 1. The molecule has 1 heterocycles. The number of fused-ring (bicyclic) bond motifs is 1. The van der Waals surface area contributed by atoms with Crippen LogP contribution in [0.4, 0.5) is 5.69 Å². The van der Waals surface area contributed by atoms with Gasteiger partial charge in [0.2, 0.25) is 10.0 Å². The smallest absolute Gasteiger partial charge is 0.242 e. The van der Waals surface area contributed by atoms with E-state index in [1.807, 2.05) is 0 Å². The predicted molar refractivity (Wildman–Crippen MR) is 81.3 cm³/mol. The molecule has 1 aliphatic carbocycles. The van der Waals surface area contributed by atoms with E-state index in [9.17, 15) is 13.5 Å². The van der Waals surface area contributed by atoms with Crippen LogP contribution in [0.5, 0.6) is 0 Å². The maximum atomic E-state index is 12.5. The molecule has 1 aliphatic rings. The van der Waals surface area contributed by atoms with Crippen LogP contribution < -0.4 is 10.5 Å². The van der Waals surface area contributed by atoms with Crippen molar-refractivity contribution in [2.24, 2.45) is 0 Å². The largest absolute Gasteiger partial charge is 0.399 e. The highest BCUT2D eigenvalue weighted by molar-refractivity contribution is 7.89. The molecule has 21 heavy (non-hydrogen) atoms. The fourth-order valence-corrected chi connectivity index (χ4v) is 4.29. The van der Waals surface area contributed by atoms with E-state index in [1.165, 1.54) is 6.20 Å². The molecule has 0 radical (unpaired) electrons. The number of rotatable bonds is 3. The van der Waals surface area contributed by atoms with Crippen molar-refractivity contribution in [1.82, 2.24) is 9.71 Å². The average molecular weight is 309 g/mol. The summed E-state index contributed by atoms with van der Waals surface area (Å²) in [5, 5.41) is 10.1. The van der Waals surface area contributed by atoms with Crippen LogP contribution in [-0.4, -0.2) is 30.7 Å². The zero-order valence-corrected chi connectivity index (χ0v) is 12.4. The minimum atomic E-state index is -3.60. The van der Waals surface area contributed by atoms with Crippen molar-refractivity contribution < 1.29 is 13.5 Å². The lowest BCUT2D eigenvalue weighted by atomic mass is 9.94. The van der Waals surface area contributed by atoms with Gasteiger partial charge in [-0.05, 0) is 43.9 Å². The standard InChI is InChI=1S/C14H19N3O3S/c15-9-1-6-13-12(7-9)14(8-16-13)21(19,20)17-10-2-4-11(18)5-3-10/h1,6-8,10-11,16-18H,2-5,15H2. The highest BCUT2D eigenvalue weighted by Gasteiger charge is 2.26. The highest BCUT2D eigenvalue weighted by Crippen LogP contribution is 2.26. The molecule has 0 saturated heterocycles. The van der Waals surface area contributed by atoms with Gasteiger partial charge in [0.1, 0.15) is 4.90 Å².